The predicted molar refractivity (Wildman–Crippen MR) is 82.6 cm³/mol. The summed E-state index contributed by atoms with van der Waals surface area (Å²) in [7, 11) is 1.37. The van der Waals surface area contributed by atoms with Gasteiger partial charge in [0.05, 0.1) is 12.7 Å². The Hall–Kier alpha value is -2.43. The number of nitrogens with one attached hydrogen (secondary N) is 1. The second-order valence-electron chi connectivity index (χ2n) is 5.17. The molecule has 1 heterocycles. The molecule has 0 fully saturated rings. The van der Waals surface area contributed by atoms with Gasteiger partial charge < -0.3 is 10.1 Å². The summed E-state index contributed by atoms with van der Waals surface area (Å²) in [5.41, 5.74) is 1.96. The van der Waals surface area contributed by atoms with Gasteiger partial charge in [0, 0.05) is 24.4 Å². The Morgan fingerprint density at radius 2 is 2.14 bits per heavy atom. The van der Waals surface area contributed by atoms with Crippen molar-refractivity contribution < 1.29 is 13.9 Å². The number of carbonyl (C=O) groups excluding carboxylic acids is 1. The van der Waals surface area contributed by atoms with Crippen LogP contribution in [0.2, 0.25) is 0 Å². The number of halogens is 1. The molecule has 2 aromatic rings. The lowest BCUT2D eigenvalue weighted by atomic mass is 10.1. The number of hydrogen-bond donors (Lipinski definition) is 1. The van der Waals surface area contributed by atoms with Gasteiger partial charge in [-0.3, -0.25) is 9.78 Å². The van der Waals surface area contributed by atoms with Crippen molar-refractivity contribution in [2.24, 2.45) is 0 Å². The van der Waals surface area contributed by atoms with Gasteiger partial charge in [0.2, 0.25) is 0 Å². The van der Waals surface area contributed by atoms with E-state index in [4.69, 9.17) is 4.74 Å². The van der Waals surface area contributed by atoms with Crippen LogP contribution in [-0.2, 0) is 6.42 Å². The van der Waals surface area contributed by atoms with Gasteiger partial charge in [-0.15, -0.1) is 0 Å². The molecule has 0 aliphatic rings. The number of amides is 1. The van der Waals surface area contributed by atoms with Crippen molar-refractivity contribution in [1.82, 2.24) is 10.3 Å². The van der Waals surface area contributed by atoms with Crippen molar-refractivity contribution in [1.29, 1.82) is 0 Å². The van der Waals surface area contributed by atoms with Crippen LogP contribution in [-0.4, -0.2) is 24.0 Å². The van der Waals surface area contributed by atoms with Crippen molar-refractivity contribution in [3.8, 4) is 5.75 Å². The second-order valence-corrected chi connectivity index (χ2v) is 5.17. The molecule has 5 heteroatoms. The Labute approximate surface area is 129 Å². The minimum atomic E-state index is -0.649. The second kappa shape index (κ2) is 7.02. The Kier molecular flexibility index (Phi) is 5.09. The number of hydrogen-bond acceptors (Lipinski definition) is 3. The van der Waals surface area contributed by atoms with Gasteiger partial charge in [-0.2, -0.15) is 0 Å². The zero-order valence-corrected chi connectivity index (χ0v) is 12.9. The first-order chi connectivity index (χ1) is 10.5. The van der Waals surface area contributed by atoms with Gasteiger partial charge >= 0.3 is 0 Å². The molecule has 0 aliphatic heterocycles. The van der Waals surface area contributed by atoms with E-state index >= 15 is 0 Å². The highest BCUT2D eigenvalue weighted by Gasteiger charge is 2.17. The summed E-state index contributed by atoms with van der Waals surface area (Å²) in [5, 5.41) is 2.79. The molecule has 1 N–H and O–H groups in total. The van der Waals surface area contributed by atoms with E-state index < -0.39 is 11.7 Å². The fourth-order valence-corrected chi connectivity index (χ4v) is 2.22. The third kappa shape index (κ3) is 3.61. The SMILES string of the molecule is COc1cccc(C(=O)N[C@@H](C)Cc2ncccc2C)c1F. The molecule has 1 amide bonds. The maximum atomic E-state index is 14.1. The number of pyridine rings is 1. The van der Waals surface area contributed by atoms with Crippen LogP contribution in [0.25, 0.3) is 0 Å². The van der Waals surface area contributed by atoms with Crippen molar-refractivity contribution in [3.63, 3.8) is 0 Å². The Bertz CT molecular complexity index is 673. The van der Waals surface area contributed by atoms with E-state index in [2.05, 4.69) is 10.3 Å². The molecule has 4 nitrogen and oxygen atoms in total. The van der Waals surface area contributed by atoms with E-state index in [0.717, 1.165) is 11.3 Å². The first-order valence-electron chi connectivity index (χ1n) is 7.06. The zero-order valence-electron chi connectivity index (χ0n) is 12.9. The average Bonchev–Trinajstić information content (AvgIpc) is 2.49. The first kappa shape index (κ1) is 15.9. The van der Waals surface area contributed by atoms with Crippen LogP contribution in [0.4, 0.5) is 4.39 Å². The lowest BCUT2D eigenvalue weighted by molar-refractivity contribution is 0.0935. The highest BCUT2D eigenvalue weighted by Crippen LogP contribution is 2.20. The summed E-state index contributed by atoms with van der Waals surface area (Å²) in [6.45, 7) is 3.84. The highest BCUT2D eigenvalue weighted by molar-refractivity contribution is 5.95. The monoisotopic (exact) mass is 302 g/mol. The van der Waals surface area contributed by atoms with E-state index in [0.29, 0.717) is 6.42 Å². The van der Waals surface area contributed by atoms with E-state index in [1.54, 1.807) is 12.3 Å². The molecular weight excluding hydrogens is 283 g/mol. The predicted octanol–water partition coefficient (Wildman–Crippen LogP) is 2.90. The number of benzene rings is 1. The fraction of sp³-hybridized carbons (Fsp3) is 0.294. The van der Waals surface area contributed by atoms with Gasteiger partial charge in [-0.1, -0.05) is 12.1 Å². The highest BCUT2D eigenvalue weighted by atomic mass is 19.1. The molecule has 2 rings (SSSR count). The van der Waals surface area contributed by atoms with Gasteiger partial charge in [-0.05, 0) is 37.6 Å². The van der Waals surface area contributed by atoms with Crippen molar-refractivity contribution in [3.05, 3.63) is 59.2 Å². The van der Waals surface area contributed by atoms with Crippen LogP contribution in [0.1, 0.15) is 28.5 Å². The van der Waals surface area contributed by atoms with Crippen LogP contribution < -0.4 is 10.1 Å². The number of aromatic nitrogens is 1. The number of ether oxygens (including phenoxy) is 1. The van der Waals surface area contributed by atoms with Crippen LogP contribution in [0.5, 0.6) is 5.75 Å². The molecule has 116 valence electrons. The minimum absolute atomic E-state index is 0.0241. The van der Waals surface area contributed by atoms with Crippen LogP contribution >= 0.6 is 0 Å². The Morgan fingerprint density at radius 3 is 2.82 bits per heavy atom. The van der Waals surface area contributed by atoms with Gasteiger partial charge in [0.25, 0.3) is 5.91 Å². The van der Waals surface area contributed by atoms with Crippen molar-refractivity contribution in [2.45, 2.75) is 26.3 Å². The average molecular weight is 302 g/mol. The summed E-state index contributed by atoms with van der Waals surface area (Å²) >= 11 is 0. The van der Waals surface area contributed by atoms with Crippen LogP contribution in [0.15, 0.2) is 36.5 Å². The summed E-state index contributed by atoms with van der Waals surface area (Å²) in [6.07, 6.45) is 2.31. The normalized spacial score (nSPS) is 11.8. The molecule has 1 aromatic heterocycles. The fourth-order valence-electron chi connectivity index (χ4n) is 2.22. The molecule has 1 aromatic carbocycles. The van der Waals surface area contributed by atoms with E-state index in [9.17, 15) is 9.18 Å². The maximum absolute atomic E-state index is 14.1. The Balaban J connectivity index is 2.07. The van der Waals surface area contributed by atoms with E-state index in [1.807, 2.05) is 26.0 Å². The minimum Gasteiger partial charge on any atom is -0.494 e. The standard InChI is InChI=1S/C17H19FN2O2/c1-11-6-5-9-19-14(11)10-12(2)20-17(21)13-7-4-8-15(22-3)16(13)18/h4-9,12H,10H2,1-3H3,(H,20,21)/t12-/m0/s1. The maximum Gasteiger partial charge on any atom is 0.254 e. The van der Waals surface area contributed by atoms with Crippen LogP contribution in [0, 0.1) is 12.7 Å². The van der Waals surface area contributed by atoms with E-state index in [1.165, 1.54) is 19.2 Å². The molecule has 0 spiro atoms. The quantitative estimate of drug-likeness (QED) is 0.924. The number of aryl methyl sites for hydroxylation is 1. The molecule has 1 atom stereocenters. The lowest BCUT2D eigenvalue weighted by Gasteiger charge is -2.15. The molecule has 0 bridgehead atoms. The summed E-state index contributed by atoms with van der Waals surface area (Å²) in [4.78, 5) is 16.5. The molecule has 22 heavy (non-hydrogen) atoms. The first-order valence-corrected chi connectivity index (χ1v) is 7.06. The van der Waals surface area contributed by atoms with Gasteiger partial charge in [0.15, 0.2) is 11.6 Å². The molecule has 0 radical (unpaired) electrons. The third-order valence-corrected chi connectivity index (χ3v) is 3.42. The molecule has 0 aliphatic carbocycles. The molecule has 0 unspecified atom stereocenters. The third-order valence-electron chi connectivity index (χ3n) is 3.42. The van der Waals surface area contributed by atoms with Crippen molar-refractivity contribution >= 4 is 5.91 Å². The van der Waals surface area contributed by atoms with Crippen molar-refractivity contribution in [2.75, 3.05) is 7.11 Å². The molecule has 0 saturated carbocycles. The number of nitrogens with zero attached hydrogens (tertiary/aromatic N) is 1. The smallest absolute Gasteiger partial charge is 0.254 e. The van der Waals surface area contributed by atoms with Gasteiger partial charge in [-0.25, -0.2) is 4.39 Å². The molecular formula is C17H19FN2O2. The van der Waals surface area contributed by atoms with E-state index in [-0.39, 0.29) is 17.4 Å². The summed E-state index contributed by atoms with van der Waals surface area (Å²) < 4.78 is 19.0. The van der Waals surface area contributed by atoms with Crippen LogP contribution in [0.3, 0.4) is 0 Å². The number of rotatable bonds is 5. The zero-order chi connectivity index (χ0) is 16.1. The molecule has 0 saturated heterocycles. The summed E-state index contributed by atoms with van der Waals surface area (Å²) in [5.74, 6) is -1.05. The number of methoxy groups -OCH3 is 1. The lowest BCUT2D eigenvalue weighted by Crippen LogP contribution is -2.35. The van der Waals surface area contributed by atoms with Gasteiger partial charge in [0.1, 0.15) is 0 Å². The topological polar surface area (TPSA) is 51.2 Å². The number of carbonyl (C=O) groups is 1. The largest absolute Gasteiger partial charge is 0.494 e. The Morgan fingerprint density at radius 1 is 1.36 bits per heavy atom. The summed E-state index contributed by atoms with van der Waals surface area (Å²) in [6, 6.07) is 8.18.